The zero-order valence-corrected chi connectivity index (χ0v) is 10.6. The zero-order valence-electron chi connectivity index (χ0n) is 10.6. The molecule has 3 N–H and O–H groups in total. The minimum atomic E-state index is -0.643. The standard InChI is InChI=1S/C13H20N2O2/c1-4-10-7-5-6-8-11(10)17-9-13(2,3)12(16)15-14/h5-8H,4,9,14H2,1-3H3,(H,15,16). The average molecular weight is 236 g/mol. The van der Waals surface area contributed by atoms with E-state index in [2.05, 4.69) is 12.3 Å². The molecule has 1 rings (SSSR count). The second kappa shape index (κ2) is 5.68. The van der Waals surface area contributed by atoms with E-state index in [0.29, 0.717) is 6.61 Å². The fraction of sp³-hybridized carbons (Fsp3) is 0.462. The second-order valence-electron chi connectivity index (χ2n) is 4.61. The van der Waals surface area contributed by atoms with Crippen molar-refractivity contribution in [3.05, 3.63) is 29.8 Å². The van der Waals surface area contributed by atoms with Crippen LogP contribution < -0.4 is 16.0 Å². The number of amides is 1. The highest BCUT2D eigenvalue weighted by Crippen LogP contribution is 2.22. The van der Waals surface area contributed by atoms with Crippen LogP contribution >= 0.6 is 0 Å². The smallest absolute Gasteiger partial charge is 0.242 e. The number of nitrogens with one attached hydrogen (secondary N) is 1. The van der Waals surface area contributed by atoms with Crippen molar-refractivity contribution in [1.82, 2.24) is 5.43 Å². The van der Waals surface area contributed by atoms with Crippen molar-refractivity contribution in [1.29, 1.82) is 0 Å². The van der Waals surface area contributed by atoms with Crippen molar-refractivity contribution in [2.75, 3.05) is 6.61 Å². The lowest BCUT2D eigenvalue weighted by Gasteiger charge is -2.23. The van der Waals surface area contributed by atoms with Gasteiger partial charge in [-0.1, -0.05) is 25.1 Å². The molecule has 17 heavy (non-hydrogen) atoms. The fourth-order valence-electron chi connectivity index (χ4n) is 1.46. The number of para-hydroxylation sites is 1. The molecule has 94 valence electrons. The summed E-state index contributed by atoms with van der Waals surface area (Å²) in [5.41, 5.74) is 2.64. The predicted octanol–water partition coefficient (Wildman–Crippen LogP) is 1.64. The van der Waals surface area contributed by atoms with Gasteiger partial charge < -0.3 is 4.74 Å². The molecular formula is C13H20N2O2. The molecule has 0 saturated carbocycles. The molecular weight excluding hydrogens is 216 g/mol. The molecule has 1 amide bonds. The Hall–Kier alpha value is -1.55. The van der Waals surface area contributed by atoms with Gasteiger partial charge in [0, 0.05) is 0 Å². The van der Waals surface area contributed by atoms with Crippen molar-refractivity contribution in [3.63, 3.8) is 0 Å². The molecule has 0 aliphatic rings. The van der Waals surface area contributed by atoms with Crippen molar-refractivity contribution < 1.29 is 9.53 Å². The Labute approximate surface area is 102 Å². The maximum Gasteiger partial charge on any atom is 0.242 e. The Bertz CT molecular complexity index is 389. The first kappa shape index (κ1) is 13.5. The summed E-state index contributed by atoms with van der Waals surface area (Å²) in [7, 11) is 0. The summed E-state index contributed by atoms with van der Waals surface area (Å²) in [4.78, 5) is 11.5. The van der Waals surface area contributed by atoms with Gasteiger partial charge in [0.05, 0.1) is 5.41 Å². The molecule has 0 atom stereocenters. The van der Waals surface area contributed by atoms with Gasteiger partial charge in [-0.3, -0.25) is 10.2 Å². The molecule has 0 spiro atoms. The topological polar surface area (TPSA) is 64.3 Å². The van der Waals surface area contributed by atoms with Crippen LogP contribution in [0.2, 0.25) is 0 Å². The number of hydrogen-bond donors (Lipinski definition) is 2. The van der Waals surface area contributed by atoms with E-state index in [1.165, 1.54) is 0 Å². The summed E-state index contributed by atoms with van der Waals surface area (Å²) in [5, 5.41) is 0. The Morgan fingerprint density at radius 1 is 1.41 bits per heavy atom. The van der Waals surface area contributed by atoms with Gasteiger partial charge in [-0.05, 0) is 31.9 Å². The number of benzene rings is 1. The summed E-state index contributed by atoms with van der Waals surface area (Å²) in [6.45, 7) is 5.96. The summed E-state index contributed by atoms with van der Waals surface area (Å²) < 4.78 is 5.70. The lowest BCUT2D eigenvalue weighted by atomic mass is 9.94. The van der Waals surface area contributed by atoms with Gasteiger partial charge >= 0.3 is 0 Å². The van der Waals surface area contributed by atoms with Crippen LogP contribution in [0.4, 0.5) is 0 Å². The van der Waals surface area contributed by atoms with Crippen LogP contribution in [-0.2, 0) is 11.2 Å². The van der Waals surface area contributed by atoms with Crippen molar-refractivity contribution in [3.8, 4) is 5.75 Å². The molecule has 0 heterocycles. The van der Waals surface area contributed by atoms with Crippen molar-refractivity contribution in [2.24, 2.45) is 11.3 Å². The van der Waals surface area contributed by atoms with Crippen LogP contribution in [0.15, 0.2) is 24.3 Å². The summed E-state index contributed by atoms with van der Waals surface area (Å²) in [6.07, 6.45) is 0.902. The molecule has 1 aromatic rings. The Kier molecular flexibility index (Phi) is 4.52. The number of hydrogen-bond acceptors (Lipinski definition) is 3. The van der Waals surface area contributed by atoms with Crippen LogP contribution in [0.3, 0.4) is 0 Å². The molecule has 0 aliphatic heterocycles. The molecule has 0 aromatic heterocycles. The maximum absolute atomic E-state index is 11.5. The number of rotatable bonds is 5. The number of ether oxygens (including phenoxy) is 1. The first-order valence-corrected chi connectivity index (χ1v) is 5.73. The fourth-order valence-corrected chi connectivity index (χ4v) is 1.46. The first-order chi connectivity index (χ1) is 8.01. The van der Waals surface area contributed by atoms with E-state index in [0.717, 1.165) is 17.7 Å². The van der Waals surface area contributed by atoms with Crippen LogP contribution in [0, 0.1) is 5.41 Å². The highest BCUT2D eigenvalue weighted by atomic mass is 16.5. The van der Waals surface area contributed by atoms with Gasteiger partial charge in [-0.15, -0.1) is 0 Å². The largest absolute Gasteiger partial charge is 0.492 e. The van der Waals surface area contributed by atoms with E-state index in [-0.39, 0.29) is 5.91 Å². The third kappa shape index (κ3) is 3.46. The third-order valence-electron chi connectivity index (χ3n) is 2.69. The molecule has 0 aliphatic carbocycles. The number of carbonyl (C=O) groups is 1. The summed E-state index contributed by atoms with van der Waals surface area (Å²) >= 11 is 0. The van der Waals surface area contributed by atoms with Gasteiger partial charge in [-0.2, -0.15) is 0 Å². The first-order valence-electron chi connectivity index (χ1n) is 5.73. The summed E-state index contributed by atoms with van der Waals surface area (Å²) in [6, 6.07) is 7.83. The lowest BCUT2D eigenvalue weighted by Crippen LogP contribution is -2.44. The molecule has 0 unspecified atom stereocenters. The van der Waals surface area contributed by atoms with Crippen LogP contribution in [0.1, 0.15) is 26.3 Å². The van der Waals surface area contributed by atoms with Crippen LogP contribution in [0.5, 0.6) is 5.75 Å². The predicted molar refractivity (Wildman–Crippen MR) is 67.4 cm³/mol. The number of nitrogens with two attached hydrogens (primary N) is 1. The quantitative estimate of drug-likeness (QED) is 0.464. The van der Waals surface area contributed by atoms with Gasteiger partial charge in [0.2, 0.25) is 5.91 Å². The van der Waals surface area contributed by atoms with E-state index in [1.807, 2.05) is 24.3 Å². The second-order valence-corrected chi connectivity index (χ2v) is 4.61. The van der Waals surface area contributed by atoms with Gasteiger partial charge in [0.15, 0.2) is 0 Å². The van der Waals surface area contributed by atoms with E-state index in [1.54, 1.807) is 13.8 Å². The average Bonchev–Trinajstić information content (AvgIpc) is 2.35. The Morgan fingerprint density at radius 2 is 2.06 bits per heavy atom. The van der Waals surface area contributed by atoms with E-state index in [9.17, 15) is 4.79 Å². The molecule has 1 aromatic carbocycles. The zero-order chi connectivity index (χ0) is 12.9. The minimum absolute atomic E-state index is 0.230. The van der Waals surface area contributed by atoms with Crippen LogP contribution in [0.25, 0.3) is 0 Å². The van der Waals surface area contributed by atoms with Gasteiger partial charge in [0.25, 0.3) is 0 Å². The molecule has 4 heteroatoms. The van der Waals surface area contributed by atoms with Crippen LogP contribution in [-0.4, -0.2) is 12.5 Å². The van der Waals surface area contributed by atoms with Gasteiger partial charge in [-0.25, -0.2) is 5.84 Å². The third-order valence-corrected chi connectivity index (χ3v) is 2.69. The van der Waals surface area contributed by atoms with Crippen molar-refractivity contribution >= 4 is 5.91 Å². The van der Waals surface area contributed by atoms with E-state index in [4.69, 9.17) is 10.6 Å². The highest BCUT2D eigenvalue weighted by molar-refractivity contribution is 5.81. The molecule has 0 saturated heterocycles. The monoisotopic (exact) mass is 236 g/mol. The number of carbonyl (C=O) groups excluding carboxylic acids is 1. The van der Waals surface area contributed by atoms with Crippen molar-refractivity contribution in [2.45, 2.75) is 27.2 Å². The molecule has 0 bridgehead atoms. The highest BCUT2D eigenvalue weighted by Gasteiger charge is 2.28. The molecule has 0 radical (unpaired) electrons. The minimum Gasteiger partial charge on any atom is -0.492 e. The SMILES string of the molecule is CCc1ccccc1OCC(C)(C)C(=O)NN. The number of aryl methyl sites for hydroxylation is 1. The maximum atomic E-state index is 11.5. The number of hydrazine groups is 1. The normalized spacial score (nSPS) is 11.1. The molecule has 4 nitrogen and oxygen atoms in total. The Balaban J connectivity index is 2.70. The molecule has 0 fully saturated rings. The summed E-state index contributed by atoms with van der Waals surface area (Å²) in [5.74, 6) is 5.72. The lowest BCUT2D eigenvalue weighted by molar-refractivity contribution is -0.130. The van der Waals surface area contributed by atoms with E-state index < -0.39 is 5.41 Å². The Morgan fingerprint density at radius 3 is 2.65 bits per heavy atom. The van der Waals surface area contributed by atoms with Gasteiger partial charge in [0.1, 0.15) is 12.4 Å². The van der Waals surface area contributed by atoms with E-state index >= 15 is 0 Å².